The number of amides is 1. The monoisotopic (exact) mass is 410 g/mol. The van der Waals surface area contributed by atoms with Crippen molar-refractivity contribution in [1.29, 1.82) is 0 Å². The number of ether oxygens (including phenoxy) is 1. The Morgan fingerprint density at radius 2 is 2.17 bits per heavy atom. The van der Waals surface area contributed by atoms with Crippen LogP contribution in [-0.4, -0.2) is 51.3 Å². The second-order valence-corrected chi connectivity index (χ2v) is 7.71. The van der Waals surface area contributed by atoms with E-state index in [4.69, 9.17) is 4.74 Å². The van der Waals surface area contributed by atoms with Gasteiger partial charge in [0.05, 0.1) is 29.1 Å². The molecule has 4 rings (SSSR count). The molecule has 0 saturated carbocycles. The van der Waals surface area contributed by atoms with E-state index in [0.717, 1.165) is 12.8 Å². The van der Waals surface area contributed by atoms with Gasteiger partial charge in [-0.05, 0) is 43.4 Å². The zero-order valence-corrected chi connectivity index (χ0v) is 16.9. The molecule has 1 aliphatic heterocycles. The zero-order valence-electron chi connectivity index (χ0n) is 16.1. The molecule has 0 aliphatic carbocycles. The largest absolute Gasteiger partial charge is 0.376 e. The molecule has 1 aromatic carbocycles. The van der Waals surface area contributed by atoms with Crippen molar-refractivity contribution in [3.8, 4) is 0 Å². The van der Waals surface area contributed by atoms with E-state index in [-0.39, 0.29) is 24.1 Å². The summed E-state index contributed by atoms with van der Waals surface area (Å²) in [4.78, 5) is 39.2. The number of hydrogen-bond acceptors (Lipinski definition) is 6. The number of fused-ring (bicyclic) bond motifs is 1. The molecule has 8 heteroatoms. The van der Waals surface area contributed by atoms with Gasteiger partial charge < -0.3 is 14.6 Å². The predicted molar refractivity (Wildman–Crippen MR) is 112 cm³/mol. The molecule has 1 atom stereocenters. The number of thioether (sulfide) groups is 1. The molecule has 1 aliphatic rings. The molecule has 2 aromatic heterocycles. The molecular formula is C21H22N4O3S. The van der Waals surface area contributed by atoms with Gasteiger partial charge >= 0.3 is 0 Å². The highest BCUT2D eigenvalue weighted by Crippen LogP contribution is 2.21. The van der Waals surface area contributed by atoms with E-state index >= 15 is 0 Å². The summed E-state index contributed by atoms with van der Waals surface area (Å²) in [6, 6.07) is 10.7. The van der Waals surface area contributed by atoms with Gasteiger partial charge in [0.25, 0.3) is 11.5 Å². The van der Waals surface area contributed by atoms with E-state index in [9.17, 15) is 9.59 Å². The second kappa shape index (κ2) is 8.75. The summed E-state index contributed by atoms with van der Waals surface area (Å²) >= 11 is 1.43. The first-order valence-corrected chi connectivity index (χ1v) is 10.8. The smallest absolute Gasteiger partial charge is 0.258 e. The Hall–Kier alpha value is -2.71. The van der Waals surface area contributed by atoms with E-state index in [0.29, 0.717) is 40.5 Å². The van der Waals surface area contributed by atoms with Crippen LogP contribution in [-0.2, 0) is 11.3 Å². The van der Waals surface area contributed by atoms with Gasteiger partial charge in [0.15, 0.2) is 0 Å². The fraction of sp³-hybridized carbons (Fsp3) is 0.333. The summed E-state index contributed by atoms with van der Waals surface area (Å²) in [5.41, 5.74) is 0.948. The van der Waals surface area contributed by atoms with Crippen LogP contribution in [0.1, 0.15) is 29.0 Å². The molecule has 0 radical (unpaired) electrons. The van der Waals surface area contributed by atoms with E-state index in [1.807, 2.05) is 12.3 Å². The number of nitrogens with zero attached hydrogens (tertiary/aromatic N) is 3. The standard InChI is InChI=1S/C21H22N4O3S/c1-29-20-16(8-4-10-22-20)21(27)25(12-14-6-5-11-28-14)13-18-23-17-9-3-2-7-15(17)19(26)24-18/h2-4,7-10,14H,5-6,11-13H2,1H3,(H,23,24,26)/t14-/m0/s1. The Bertz CT molecular complexity index is 1080. The lowest BCUT2D eigenvalue weighted by Gasteiger charge is -2.25. The Morgan fingerprint density at radius 1 is 1.31 bits per heavy atom. The molecule has 1 saturated heterocycles. The number of para-hydroxylation sites is 1. The summed E-state index contributed by atoms with van der Waals surface area (Å²) in [5, 5.41) is 1.21. The van der Waals surface area contributed by atoms with Gasteiger partial charge in [-0.3, -0.25) is 9.59 Å². The van der Waals surface area contributed by atoms with E-state index in [2.05, 4.69) is 15.0 Å². The fourth-order valence-corrected chi connectivity index (χ4v) is 4.07. The number of hydrogen-bond donors (Lipinski definition) is 1. The number of carbonyl (C=O) groups is 1. The Balaban J connectivity index is 1.67. The van der Waals surface area contributed by atoms with Crippen molar-refractivity contribution < 1.29 is 9.53 Å². The van der Waals surface area contributed by atoms with E-state index in [1.165, 1.54) is 11.8 Å². The quantitative estimate of drug-likeness (QED) is 0.629. The minimum absolute atomic E-state index is 0.0134. The van der Waals surface area contributed by atoms with Crippen LogP contribution in [0.2, 0.25) is 0 Å². The first-order valence-electron chi connectivity index (χ1n) is 9.53. The average molecular weight is 410 g/mol. The van der Waals surface area contributed by atoms with Crippen molar-refractivity contribution >= 4 is 28.6 Å². The summed E-state index contributed by atoms with van der Waals surface area (Å²) in [6.07, 6.45) is 5.45. The highest BCUT2D eigenvalue weighted by molar-refractivity contribution is 7.98. The van der Waals surface area contributed by atoms with Crippen molar-refractivity contribution in [2.45, 2.75) is 30.5 Å². The molecule has 29 heavy (non-hydrogen) atoms. The number of rotatable bonds is 6. The van der Waals surface area contributed by atoms with Gasteiger partial charge in [-0.25, -0.2) is 9.97 Å². The van der Waals surface area contributed by atoms with Crippen LogP contribution < -0.4 is 5.56 Å². The molecule has 3 heterocycles. The topological polar surface area (TPSA) is 88.2 Å². The van der Waals surface area contributed by atoms with Gasteiger partial charge in [-0.1, -0.05) is 12.1 Å². The van der Waals surface area contributed by atoms with Crippen LogP contribution in [0, 0.1) is 0 Å². The highest BCUT2D eigenvalue weighted by Gasteiger charge is 2.26. The van der Waals surface area contributed by atoms with Crippen LogP contribution in [0.3, 0.4) is 0 Å². The van der Waals surface area contributed by atoms with Gasteiger partial charge in [-0.2, -0.15) is 0 Å². The third-order valence-electron chi connectivity index (χ3n) is 4.93. The van der Waals surface area contributed by atoms with Crippen LogP contribution in [0.4, 0.5) is 0 Å². The summed E-state index contributed by atoms with van der Waals surface area (Å²) < 4.78 is 5.75. The summed E-state index contributed by atoms with van der Waals surface area (Å²) in [7, 11) is 0. The first kappa shape index (κ1) is 19.6. The lowest BCUT2D eigenvalue weighted by atomic mass is 10.2. The third-order valence-corrected chi connectivity index (χ3v) is 5.64. The molecule has 1 amide bonds. The van der Waals surface area contributed by atoms with Gasteiger partial charge in [-0.15, -0.1) is 11.8 Å². The third kappa shape index (κ3) is 4.33. The Kier molecular flexibility index (Phi) is 5.92. The highest BCUT2D eigenvalue weighted by atomic mass is 32.2. The van der Waals surface area contributed by atoms with Gasteiger partial charge in [0, 0.05) is 19.3 Å². The first-order chi connectivity index (χ1) is 14.2. The van der Waals surface area contributed by atoms with Crippen LogP contribution in [0.15, 0.2) is 52.4 Å². The van der Waals surface area contributed by atoms with Crippen LogP contribution in [0.25, 0.3) is 10.9 Å². The maximum Gasteiger partial charge on any atom is 0.258 e. The van der Waals surface area contributed by atoms with Crippen molar-refractivity contribution in [2.75, 3.05) is 19.4 Å². The lowest BCUT2D eigenvalue weighted by Crippen LogP contribution is -2.38. The molecule has 0 spiro atoms. The van der Waals surface area contributed by atoms with Gasteiger partial charge in [0.1, 0.15) is 10.9 Å². The van der Waals surface area contributed by atoms with Gasteiger partial charge in [0.2, 0.25) is 0 Å². The second-order valence-electron chi connectivity index (χ2n) is 6.91. The molecule has 0 bridgehead atoms. The number of aromatic nitrogens is 3. The van der Waals surface area contributed by atoms with Crippen molar-refractivity contribution in [3.63, 3.8) is 0 Å². The molecule has 1 fully saturated rings. The molecule has 3 aromatic rings. The lowest BCUT2D eigenvalue weighted by molar-refractivity contribution is 0.0498. The molecule has 0 unspecified atom stereocenters. The minimum Gasteiger partial charge on any atom is -0.376 e. The maximum atomic E-state index is 13.4. The van der Waals surface area contributed by atoms with Crippen molar-refractivity contribution in [3.05, 3.63) is 64.3 Å². The average Bonchev–Trinajstić information content (AvgIpc) is 3.26. The summed E-state index contributed by atoms with van der Waals surface area (Å²) in [6.45, 7) is 1.35. The number of nitrogens with one attached hydrogen (secondary N) is 1. The van der Waals surface area contributed by atoms with E-state index < -0.39 is 0 Å². The number of pyridine rings is 1. The molecular weight excluding hydrogens is 388 g/mol. The van der Waals surface area contributed by atoms with E-state index in [1.54, 1.807) is 41.4 Å². The molecule has 7 nitrogen and oxygen atoms in total. The number of benzene rings is 1. The fourth-order valence-electron chi connectivity index (χ4n) is 3.53. The molecule has 1 N–H and O–H groups in total. The Labute approximate surface area is 172 Å². The zero-order chi connectivity index (χ0) is 20.2. The number of carbonyl (C=O) groups excluding carboxylic acids is 1. The SMILES string of the molecule is CSc1ncccc1C(=O)N(Cc1nc2ccccc2c(=O)[nH]1)C[C@@H]1CCCO1. The number of H-pyrrole nitrogens is 1. The molecule has 150 valence electrons. The van der Waals surface area contributed by atoms with Crippen LogP contribution >= 0.6 is 11.8 Å². The normalized spacial score (nSPS) is 16.2. The van der Waals surface area contributed by atoms with Crippen molar-refractivity contribution in [2.24, 2.45) is 0 Å². The van der Waals surface area contributed by atoms with Crippen LogP contribution in [0.5, 0.6) is 0 Å². The predicted octanol–water partition coefficient (Wildman–Crippen LogP) is 2.86. The Morgan fingerprint density at radius 3 is 2.97 bits per heavy atom. The number of aromatic amines is 1. The minimum atomic E-state index is -0.207. The maximum absolute atomic E-state index is 13.4. The summed E-state index contributed by atoms with van der Waals surface area (Å²) in [5.74, 6) is 0.309. The van der Waals surface area contributed by atoms with Crippen molar-refractivity contribution in [1.82, 2.24) is 19.9 Å².